The summed E-state index contributed by atoms with van der Waals surface area (Å²) in [5.74, 6) is 1.17. The molecule has 2 heterocycles. The van der Waals surface area contributed by atoms with Crippen molar-refractivity contribution >= 4 is 10.0 Å². The first-order valence-corrected chi connectivity index (χ1v) is 9.01. The number of nitrogens with one attached hydrogen (secondary N) is 1. The first-order valence-electron chi connectivity index (χ1n) is 7.57. The topological polar surface area (TPSA) is 62.6 Å². The second kappa shape index (κ2) is 6.10. The molecule has 0 aliphatic carbocycles. The molecule has 1 fully saturated rings. The second-order valence-electron chi connectivity index (χ2n) is 6.02. The van der Waals surface area contributed by atoms with Gasteiger partial charge >= 0.3 is 0 Å². The van der Waals surface area contributed by atoms with Crippen LogP contribution in [-0.2, 0) is 16.6 Å². The molecule has 1 aliphatic rings. The molecule has 120 valence electrons. The Morgan fingerprint density at radius 1 is 1.19 bits per heavy atom. The Labute approximate surface area is 127 Å². The van der Waals surface area contributed by atoms with Crippen LogP contribution in [-0.4, -0.2) is 31.9 Å². The zero-order valence-electron chi connectivity index (χ0n) is 13.6. The van der Waals surface area contributed by atoms with Crippen molar-refractivity contribution in [3.63, 3.8) is 0 Å². The van der Waals surface area contributed by atoms with E-state index in [0.29, 0.717) is 23.0 Å². The second-order valence-corrected chi connectivity index (χ2v) is 7.80. The van der Waals surface area contributed by atoms with E-state index in [1.807, 2.05) is 27.8 Å². The van der Waals surface area contributed by atoms with E-state index < -0.39 is 10.0 Å². The zero-order valence-corrected chi connectivity index (χ0v) is 14.4. The summed E-state index contributed by atoms with van der Waals surface area (Å²) in [6.45, 7) is 8.04. The van der Waals surface area contributed by atoms with Gasteiger partial charge in [-0.05, 0) is 47.6 Å². The van der Waals surface area contributed by atoms with Crippen molar-refractivity contribution in [1.29, 1.82) is 0 Å². The quantitative estimate of drug-likeness (QED) is 0.928. The van der Waals surface area contributed by atoms with Gasteiger partial charge in [0.25, 0.3) is 0 Å². The van der Waals surface area contributed by atoms with E-state index in [2.05, 4.69) is 5.32 Å². The van der Waals surface area contributed by atoms with Crippen LogP contribution < -0.4 is 5.32 Å². The molecule has 0 radical (unpaired) electrons. The lowest BCUT2D eigenvalue weighted by atomic mass is 10.0. The Balaban J connectivity index is 2.53. The van der Waals surface area contributed by atoms with Gasteiger partial charge in [0.05, 0.1) is 0 Å². The van der Waals surface area contributed by atoms with Crippen molar-refractivity contribution in [3.8, 4) is 0 Å². The fraction of sp³-hybridized carbons (Fsp3) is 0.733. The molecule has 6 heteroatoms. The van der Waals surface area contributed by atoms with Crippen LogP contribution in [0.25, 0.3) is 0 Å². The molecular formula is C15H26N2O3S. The lowest BCUT2D eigenvalue weighted by molar-refractivity contribution is 0.204. The van der Waals surface area contributed by atoms with Crippen LogP contribution in [0.15, 0.2) is 9.31 Å². The SMILES string of the molecule is CNCc1c(C)oc(C)c1S(=O)(=O)N1[C@H](C)CCC[C@@H]1C. The van der Waals surface area contributed by atoms with Gasteiger partial charge in [0.15, 0.2) is 0 Å². The predicted molar refractivity (Wildman–Crippen MR) is 82.7 cm³/mol. The van der Waals surface area contributed by atoms with Gasteiger partial charge in [-0.2, -0.15) is 4.31 Å². The summed E-state index contributed by atoms with van der Waals surface area (Å²) in [4.78, 5) is 0.356. The van der Waals surface area contributed by atoms with Gasteiger partial charge in [-0.15, -0.1) is 0 Å². The Morgan fingerprint density at radius 2 is 1.76 bits per heavy atom. The molecule has 1 aromatic rings. The van der Waals surface area contributed by atoms with E-state index in [1.54, 1.807) is 11.2 Å². The van der Waals surface area contributed by atoms with Gasteiger partial charge in [-0.1, -0.05) is 6.42 Å². The highest BCUT2D eigenvalue weighted by molar-refractivity contribution is 7.89. The molecule has 2 atom stereocenters. The summed E-state index contributed by atoms with van der Waals surface area (Å²) >= 11 is 0. The van der Waals surface area contributed by atoms with Crippen LogP contribution >= 0.6 is 0 Å². The molecule has 0 unspecified atom stereocenters. The minimum Gasteiger partial charge on any atom is -0.465 e. The number of piperidine rings is 1. The van der Waals surface area contributed by atoms with Crippen molar-refractivity contribution in [2.75, 3.05) is 7.05 Å². The summed E-state index contributed by atoms with van der Waals surface area (Å²) in [6.07, 6.45) is 2.92. The van der Waals surface area contributed by atoms with Gasteiger partial charge in [-0.25, -0.2) is 8.42 Å². The number of hydrogen-bond acceptors (Lipinski definition) is 4. The van der Waals surface area contributed by atoms with E-state index >= 15 is 0 Å². The number of sulfonamides is 1. The normalized spacial score (nSPS) is 24.4. The van der Waals surface area contributed by atoms with Gasteiger partial charge in [0, 0.05) is 24.2 Å². The molecular weight excluding hydrogens is 288 g/mol. The highest BCUT2D eigenvalue weighted by Crippen LogP contribution is 2.34. The number of rotatable bonds is 4. The largest absolute Gasteiger partial charge is 0.465 e. The minimum atomic E-state index is -3.52. The third-order valence-corrected chi connectivity index (χ3v) is 6.65. The first-order chi connectivity index (χ1) is 9.80. The maximum absolute atomic E-state index is 13.2. The van der Waals surface area contributed by atoms with Crippen molar-refractivity contribution in [2.45, 2.75) is 70.5 Å². The maximum atomic E-state index is 13.2. The highest BCUT2D eigenvalue weighted by Gasteiger charge is 2.39. The first kappa shape index (κ1) is 16.5. The van der Waals surface area contributed by atoms with E-state index in [4.69, 9.17) is 4.42 Å². The molecule has 1 saturated heterocycles. The van der Waals surface area contributed by atoms with Gasteiger partial charge < -0.3 is 9.73 Å². The molecule has 5 nitrogen and oxygen atoms in total. The third kappa shape index (κ3) is 2.89. The molecule has 1 N–H and O–H groups in total. The molecule has 0 aromatic carbocycles. The van der Waals surface area contributed by atoms with Gasteiger partial charge in [-0.3, -0.25) is 0 Å². The number of hydrogen-bond donors (Lipinski definition) is 1. The standard InChI is InChI=1S/C15H26N2O3S/c1-10-7-6-8-11(2)17(10)21(18,19)15-13(4)20-12(3)14(15)9-16-5/h10-11,16H,6-9H2,1-5H3/t10-,11+. The molecule has 1 aromatic heterocycles. The van der Waals surface area contributed by atoms with Crippen LogP contribution in [0.2, 0.25) is 0 Å². The Kier molecular flexibility index (Phi) is 4.80. The van der Waals surface area contributed by atoms with E-state index in [-0.39, 0.29) is 12.1 Å². The van der Waals surface area contributed by atoms with Crippen LogP contribution in [0.3, 0.4) is 0 Å². The Bertz CT molecular complexity index is 597. The summed E-state index contributed by atoms with van der Waals surface area (Å²) < 4.78 is 33.6. The molecule has 2 rings (SSSR count). The number of aryl methyl sites for hydroxylation is 2. The number of nitrogens with zero attached hydrogens (tertiary/aromatic N) is 1. The smallest absolute Gasteiger partial charge is 0.247 e. The van der Waals surface area contributed by atoms with E-state index in [0.717, 1.165) is 24.8 Å². The van der Waals surface area contributed by atoms with Crippen LogP contribution in [0.5, 0.6) is 0 Å². The monoisotopic (exact) mass is 314 g/mol. The zero-order chi connectivity index (χ0) is 15.8. The Hall–Kier alpha value is -0.850. The van der Waals surface area contributed by atoms with E-state index in [1.165, 1.54) is 0 Å². The van der Waals surface area contributed by atoms with Crippen LogP contribution in [0.4, 0.5) is 0 Å². The lowest BCUT2D eigenvalue weighted by Crippen LogP contribution is -2.47. The van der Waals surface area contributed by atoms with Crippen molar-refractivity contribution in [3.05, 3.63) is 17.1 Å². The van der Waals surface area contributed by atoms with E-state index in [9.17, 15) is 8.42 Å². The van der Waals surface area contributed by atoms with Crippen LogP contribution in [0, 0.1) is 13.8 Å². The van der Waals surface area contributed by atoms with Gasteiger partial charge in [0.1, 0.15) is 16.4 Å². The summed E-state index contributed by atoms with van der Waals surface area (Å²) in [7, 11) is -1.71. The van der Waals surface area contributed by atoms with Crippen LogP contribution in [0.1, 0.15) is 50.2 Å². The fourth-order valence-corrected chi connectivity index (χ4v) is 5.71. The molecule has 21 heavy (non-hydrogen) atoms. The third-order valence-electron chi connectivity index (χ3n) is 4.33. The molecule has 0 spiro atoms. The lowest BCUT2D eigenvalue weighted by Gasteiger charge is -2.37. The minimum absolute atomic E-state index is 0.0378. The van der Waals surface area contributed by atoms with Gasteiger partial charge in [0.2, 0.25) is 10.0 Å². The summed E-state index contributed by atoms with van der Waals surface area (Å²) in [6, 6.07) is 0.0755. The molecule has 1 aliphatic heterocycles. The van der Waals surface area contributed by atoms with Crippen molar-refractivity contribution < 1.29 is 12.8 Å². The highest BCUT2D eigenvalue weighted by atomic mass is 32.2. The van der Waals surface area contributed by atoms with Crippen molar-refractivity contribution in [1.82, 2.24) is 9.62 Å². The average Bonchev–Trinajstić information content (AvgIpc) is 2.64. The summed E-state index contributed by atoms with van der Waals surface area (Å²) in [5.41, 5.74) is 0.750. The summed E-state index contributed by atoms with van der Waals surface area (Å²) in [5, 5.41) is 3.03. The average molecular weight is 314 g/mol. The number of furan rings is 1. The fourth-order valence-electron chi connectivity index (χ4n) is 3.41. The molecule has 0 bridgehead atoms. The Morgan fingerprint density at radius 3 is 2.29 bits per heavy atom. The molecule has 0 amide bonds. The maximum Gasteiger partial charge on any atom is 0.247 e. The van der Waals surface area contributed by atoms with Crippen molar-refractivity contribution in [2.24, 2.45) is 0 Å². The molecule has 0 saturated carbocycles. The predicted octanol–water partition coefficient (Wildman–Crippen LogP) is 2.57.